The molecule has 0 bridgehead atoms. The Morgan fingerprint density at radius 3 is 2.31 bits per heavy atom. The number of thiocarbonyl (C=S) groups is 1. The van der Waals surface area contributed by atoms with Crippen LogP contribution in [0.15, 0.2) is 0 Å². The minimum atomic E-state index is -0.405. The third-order valence-electron chi connectivity index (χ3n) is 0.802. The first-order valence-electron chi connectivity index (χ1n) is 3.02. The molecular formula is C5H8KN3O2S2. The Balaban J connectivity index is 0. The van der Waals surface area contributed by atoms with E-state index in [1.165, 1.54) is 6.92 Å². The van der Waals surface area contributed by atoms with E-state index in [9.17, 15) is 9.59 Å². The molecule has 0 aliphatic carbocycles. The number of hydrogen-bond donors (Lipinski definition) is 3. The van der Waals surface area contributed by atoms with Gasteiger partial charge in [-0.25, -0.2) is 0 Å². The molecule has 13 heavy (non-hydrogen) atoms. The van der Waals surface area contributed by atoms with Crippen LogP contribution in [0.5, 0.6) is 0 Å². The van der Waals surface area contributed by atoms with Gasteiger partial charge in [-0.2, -0.15) is 0 Å². The van der Waals surface area contributed by atoms with Gasteiger partial charge in [-0.3, -0.25) is 15.0 Å². The van der Waals surface area contributed by atoms with Crippen molar-refractivity contribution in [3.63, 3.8) is 0 Å². The summed E-state index contributed by atoms with van der Waals surface area (Å²) in [5.41, 5.74) is 4.45. The minimum Gasteiger partial charge on any atom is -0.410 e. The van der Waals surface area contributed by atoms with Crippen molar-refractivity contribution in [1.29, 1.82) is 0 Å². The summed E-state index contributed by atoms with van der Waals surface area (Å²) in [4.78, 5) is 21.1. The molecule has 0 fully saturated rings. The van der Waals surface area contributed by atoms with Gasteiger partial charge in [0.25, 0.3) is 5.91 Å². The number of hydrazine groups is 1. The number of carbonyl (C=O) groups excluding carboxylic acids is 2. The molecule has 3 N–H and O–H groups in total. The van der Waals surface area contributed by atoms with Crippen LogP contribution in [-0.2, 0) is 22.2 Å². The van der Waals surface area contributed by atoms with E-state index in [0.717, 1.165) is 0 Å². The van der Waals surface area contributed by atoms with Crippen LogP contribution in [0, 0.1) is 0 Å². The largest absolute Gasteiger partial charge is 1.00 e. The third-order valence-corrected chi connectivity index (χ3v) is 1.01. The molecule has 5 nitrogen and oxygen atoms in total. The van der Waals surface area contributed by atoms with Crippen LogP contribution in [0.1, 0.15) is 6.92 Å². The fourth-order valence-corrected chi connectivity index (χ4v) is 0.472. The molecule has 8 heteroatoms. The van der Waals surface area contributed by atoms with Crippen LogP contribution in [0.25, 0.3) is 0 Å². The van der Waals surface area contributed by atoms with E-state index < -0.39 is 5.91 Å². The normalized spacial score (nSPS) is 7.77. The number of rotatable bonds is 2. The topological polar surface area (TPSA) is 70.2 Å². The molecule has 0 rings (SSSR count). The fourth-order valence-electron chi connectivity index (χ4n) is 0.370. The second-order valence-electron chi connectivity index (χ2n) is 1.87. The standard InChI is InChI=1S/C5H9N3O2S2.K/c1-3(9)6-2-4(10)7-8-5(11)12;/h2H2,1H3,(H,6,9)(H,7,10)(H2,8,11,12);/q;+1/p-1. The molecule has 0 aliphatic rings. The average Bonchev–Trinajstić information content (AvgIpc) is 1.96. The Labute approximate surface area is 130 Å². The first kappa shape index (κ1) is 16.1. The van der Waals surface area contributed by atoms with Gasteiger partial charge in [-0.05, 0) is 4.32 Å². The number of carbonyl (C=O) groups is 2. The summed E-state index contributed by atoms with van der Waals surface area (Å²) in [5, 5.41) is 2.30. The zero-order chi connectivity index (χ0) is 9.56. The van der Waals surface area contributed by atoms with Crippen molar-refractivity contribution < 1.29 is 61.0 Å². The summed E-state index contributed by atoms with van der Waals surface area (Å²) in [6, 6.07) is 0. The van der Waals surface area contributed by atoms with E-state index in [0.29, 0.717) is 0 Å². The molecule has 0 aromatic heterocycles. The van der Waals surface area contributed by atoms with Crippen molar-refractivity contribution in [2.45, 2.75) is 6.92 Å². The van der Waals surface area contributed by atoms with Crippen LogP contribution < -0.4 is 67.6 Å². The SMILES string of the molecule is CC(=O)NCC(=O)NNC(=S)[S-].[K+]. The van der Waals surface area contributed by atoms with Crippen molar-refractivity contribution in [1.82, 2.24) is 16.2 Å². The molecule has 0 saturated carbocycles. The van der Waals surface area contributed by atoms with Gasteiger partial charge in [-0.1, -0.05) is 0 Å². The van der Waals surface area contributed by atoms with Gasteiger partial charge in [0.1, 0.15) is 0 Å². The van der Waals surface area contributed by atoms with Crippen LogP contribution in [0.3, 0.4) is 0 Å². The van der Waals surface area contributed by atoms with Crippen LogP contribution in [0.2, 0.25) is 0 Å². The van der Waals surface area contributed by atoms with Gasteiger partial charge in [-0.15, -0.1) is 0 Å². The Bertz CT molecular complexity index is 192. The minimum absolute atomic E-state index is 0. The van der Waals surface area contributed by atoms with Crippen LogP contribution in [-0.4, -0.2) is 22.7 Å². The van der Waals surface area contributed by atoms with Crippen molar-refractivity contribution in [2.24, 2.45) is 0 Å². The van der Waals surface area contributed by atoms with Gasteiger partial charge >= 0.3 is 51.4 Å². The average molecular weight is 245 g/mol. The van der Waals surface area contributed by atoms with Crippen molar-refractivity contribution in [3.05, 3.63) is 0 Å². The maximum absolute atomic E-state index is 10.8. The molecule has 0 spiro atoms. The molecule has 0 atom stereocenters. The summed E-state index contributed by atoms with van der Waals surface area (Å²) in [6.45, 7) is 1.22. The van der Waals surface area contributed by atoms with Gasteiger partial charge in [0, 0.05) is 6.92 Å². The molecule has 2 amide bonds. The zero-order valence-corrected chi connectivity index (χ0v) is 12.1. The molecule has 0 saturated heterocycles. The van der Waals surface area contributed by atoms with E-state index in [1.54, 1.807) is 0 Å². The Morgan fingerprint density at radius 2 is 1.92 bits per heavy atom. The smallest absolute Gasteiger partial charge is 0.410 e. The molecule has 0 aliphatic heterocycles. The third kappa shape index (κ3) is 12.7. The number of hydrogen-bond acceptors (Lipinski definition) is 4. The quantitative estimate of drug-likeness (QED) is 0.198. The molecule has 0 unspecified atom stereocenters. The van der Waals surface area contributed by atoms with E-state index in [-0.39, 0.29) is 68.2 Å². The maximum Gasteiger partial charge on any atom is 1.00 e. The summed E-state index contributed by atoms with van der Waals surface area (Å²) in [7, 11) is 0. The summed E-state index contributed by atoms with van der Waals surface area (Å²) >= 11 is 8.90. The van der Waals surface area contributed by atoms with Gasteiger partial charge in [0.05, 0.1) is 6.54 Å². The van der Waals surface area contributed by atoms with Crippen molar-refractivity contribution >= 4 is 41.0 Å². The Hall–Kier alpha value is 0.686. The van der Waals surface area contributed by atoms with Crippen LogP contribution in [0.4, 0.5) is 0 Å². The van der Waals surface area contributed by atoms with Gasteiger partial charge in [0.15, 0.2) is 0 Å². The van der Waals surface area contributed by atoms with E-state index in [1.807, 2.05) is 0 Å². The summed E-state index contributed by atoms with van der Waals surface area (Å²) in [6.07, 6.45) is 0. The van der Waals surface area contributed by atoms with E-state index >= 15 is 0 Å². The predicted octanol–water partition coefficient (Wildman–Crippen LogP) is -4.42. The van der Waals surface area contributed by atoms with E-state index in [4.69, 9.17) is 0 Å². The molecule has 68 valence electrons. The van der Waals surface area contributed by atoms with Crippen molar-refractivity contribution in [3.8, 4) is 0 Å². The molecular weight excluding hydrogens is 237 g/mol. The fraction of sp³-hybridized carbons (Fsp3) is 0.400. The summed E-state index contributed by atoms with van der Waals surface area (Å²) in [5.74, 6) is -0.677. The van der Waals surface area contributed by atoms with Gasteiger partial charge in [0.2, 0.25) is 5.91 Å². The van der Waals surface area contributed by atoms with E-state index in [2.05, 4.69) is 41.0 Å². The monoisotopic (exact) mass is 245 g/mol. The molecule has 0 aromatic rings. The summed E-state index contributed by atoms with van der Waals surface area (Å²) < 4.78 is 0.0474. The number of nitrogens with one attached hydrogen (secondary N) is 3. The first-order valence-corrected chi connectivity index (χ1v) is 3.84. The Morgan fingerprint density at radius 1 is 1.38 bits per heavy atom. The predicted molar refractivity (Wildman–Crippen MR) is 49.9 cm³/mol. The second kappa shape index (κ2) is 9.25. The van der Waals surface area contributed by atoms with Gasteiger partial charge < -0.3 is 35.6 Å². The molecule has 0 heterocycles. The Kier molecular flexibility index (Phi) is 11.5. The second-order valence-corrected chi connectivity index (χ2v) is 2.95. The molecule has 0 radical (unpaired) electrons. The first-order chi connectivity index (χ1) is 5.52. The van der Waals surface area contributed by atoms with Crippen molar-refractivity contribution in [2.75, 3.05) is 6.54 Å². The molecule has 0 aromatic carbocycles. The zero-order valence-electron chi connectivity index (χ0n) is 7.34. The number of amides is 2. The van der Waals surface area contributed by atoms with Crippen LogP contribution >= 0.6 is 12.2 Å². The maximum atomic E-state index is 10.8.